The van der Waals surface area contributed by atoms with Crippen LogP contribution in [0.15, 0.2) is 53.8 Å². The summed E-state index contributed by atoms with van der Waals surface area (Å²) in [5.74, 6) is 0.757. The number of rotatable bonds is 4. The lowest BCUT2D eigenvalue weighted by Crippen LogP contribution is -2.24. The Labute approximate surface area is 207 Å². The highest BCUT2D eigenvalue weighted by Crippen LogP contribution is 2.35. The molecule has 5 aromatic rings. The van der Waals surface area contributed by atoms with E-state index in [0.29, 0.717) is 40.6 Å². The van der Waals surface area contributed by atoms with Crippen LogP contribution < -0.4 is 11.3 Å². The molecular formula is C22H16Cl2N10O. The second-order valence-electron chi connectivity index (χ2n) is 8.03. The number of aromatic amines is 1. The number of imidazole rings is 1. The largest absolute Gasteiger partial charge is 0.368 e. The fraction of sp³-hybridized carbons (Fsp3) is 0.136. The molecule has 0 radical (unpaired) electrons. The quantitative estimate of drug-likeness (QED) is 0.377. The number of nitrogens with one attached hydrogen (secondary N) is 1. The van der Waals surface area contributed by atoms with Gasteiger partial charge in [0.2, 0.25) is 5.95 Å². The predicted molar refractivity (Wildman–Crippen MR) is 129 cm³/mol. The van der Waals surface area contributed by atoms with Gasteiger partial charge in [0.15, 0.2) is 5.15 Å². The highest BCUT2D eigenvalue weighted by Gasteiger charge is 2.29. The van der Waals surface area contributed by atoms with Crippen molar-refractivity contribution in [2.75, 3.05) is 5.73 Å². The van der Waals surface area contributed by atoms with Crippen molar-refractivity contribution >= 4 is 29.2 Å². The van der Waals surface area contributed by atoms with Crippen LogP contribution in [0.4, 0.5) is 5.95 Å². The van der Waals surface area contributed by atoms with Gasteiger partial charge in [0, 0.05) is 40.3 Å². The monoisotopic (exact) mass is 506 g/mol. The molecule has 174 valence electrons. The number of nitrogens with zero attached hydrogens (tertiary/aromatic N) is 8. The molecule has 1 aliphatic heterocycles. The van der Waals surface area contributed by atoms with Gasteiger partial charge < -0.3 is 15.3 Å². The first-order valence-corrected chi connectivity index (χ1v) is 11.4. The fourth-order valence-electron chi connectivity index (χ4n) is 4.41. The van der Waals surface area contributed by atoms with Crippen molar-refractivity contribution in [1.29, 1.82) is 0 Å². The molecule has 0 saturated carbocycles. The van der Waals surface area contributed by atoms with Crippen LogP contribution in [0.25, 0.3) is 28.1 Å². The normalized spacial score (nSPS) is 14.9. The number of hydrogen-bond donors (Lipinski definition) is 2. The van der Waals surface area contributed by atoms with Crippen molar-refractivity contribution in [3.05, 3.63) is 81.1 Å². The van der Waals surface area contributed by atoms with Crippen molar-refractivity contribution < 1.29 is 0 Å². The number of pyridine rings is 1. The minimum atomic E-state index is -0.286. The van der Waals surface area contributed by atoms with Crippen LogP contribution in [0.1, 0.15) is 24.0 Å². The van der Waals surface area contributed by atoms with Gasteiger partial charge in [-0.1, -0.05) is 23.2 Å². The molecule has 1 atom stereocenters. The molecule has 3 N–H and O–H groups in total. The molecule has 0 unspecified atom stereocenters. The third-order valence-electron chi connectivity index (χ3n) is 5.95. The molecule has 0 spiro atoms. The van der Waals surface area contributed by atoms with E-state index in [9.17, 15) is 4.79 Å². The maximum atomic E-state index is 13.3. The molecule has 1 aliphatic rings. The van der Waals surface area contributed by atoms with Crippen LogP contribution in [0.3, 0.4) is 0 Å². The van der Waals surface area contributed by atoms with Crippen LogP contribution in [-0.4, -0.2) is 44.7 Å². The van der Waals surface area contributed by atoms with E-state index in [2.05, 4.69) is 35.5 Å². The lowest BCUT2D eigenvalue weighted by atomic mass is 10.0. The van der Waals surface area contributed by atoms with E-state index < -0.39 is 0 Å². The van der Waals surface area contributed by atoms with Crippen LogP contribution in [0.5, 0.6) is 0 Å². The molecule has 0 bridgehead atoms. The zero-order valence-corrected chi connectivity index (χ0v) is 19.4. The summed E-state index contributed by atoms with van der Waals surface area (Å²) in [6.07, 6.45) is 6.01. The number of H-pyrrole nitrogens is 1. The summed E-state index contributed by atoms with van der Waals surface area (Å²) in [6, 6.07) is 8.65. The molecule has 11 nitrogen and oxygen atoms in total. The van der Waals surface area contributed by atoms with Gasteiger partial charge in [-0.15, -0.1) is 5.10 Å². The van der Waals surface area contributed by atoms with Crippen molar-refractivity contribution in [3.63, 3.8) is 0 Å². The molecule has 6 rings (SSSR count). The van der Waals surface area contributed by atoms with Gasteiger partial charge in [0.25, 0.3) is 5.56 Å². The summed E-state index contributed by atoms with van der Waals surface area (Å²) in [5.41, 5.74) is 9.72. The van der Waals surface area contributed by atoms with Crippen LogP contribution >= 0.6 is 23.2 Å². The van der Waals surface area contributed by atoms with Gasteiger partial charge in [0.1, 0.15) is 12.2 Å². The Morgan fingerprint density at radius 1 is 1.09 bits per heavy atom. The molecule has 35 heavy (non-hydrogen) atoms. The summed E-state index contributed by atoms with van der Waals surface area (Å²) >= 11 is 12.7. The van der Waals surface area contributed by atoms with E-state index in [-0.39, 0.29) is 22.7 Å². The maximum absolute atomic E-state index is 13.3. The average molecular weight is 507 g/mol. The molecule has 0 amide bonds. The Kier molecular flexibility index (Phi) is 5.08. The summed E-state index contributed by atoms with van der Waals surface area (Å²) in [5, 5.41) is 12.2. The van der Waals surface area contributed by atoms with E-state index in [4.69, 9.17) is 28.9 Å². The van der Waals surface area contributed by atoms with Gasteiger partial charge >= 0.3 is 0 Å². The van der Waals surface area contributed by atoms with Gasteiger partial charge in [-0.05, 0) is 53.1 Å². The summed E-state index contributed by atoms with van der Waals surface area (Å²) < 4.78 is 3.27. The summed E-state index contributed by atoms with van der Waals surface area (Å²) in [4.78, 5) is 29.1. The molecular weight excluding hydrogens is 491 g/mol. The summed E-state index contributed by atoms with van der Waals surface area (Å²) in [6.45, 7) is 0. The number of aryl methyl sites for hydroxylation is 1. The fourth-order valence-corrected chi connectivity index (χ4v) is 4.83. The zero-order chi connectivity index (χ0) is 24.1. The van der Waals surface area contributed by atoms with Crippen molar-refractivity contribution in [3.8, 4) is 28.1 Å². The Morgan fingerprint density at radius 2 is 1.91 bits per heavy atom. The predicted octanol–water partition coefficient (Wildman–Crippen LogP) is 3.10. The third-order valence-corrected chi connectivity index (χ3v) is 6.46. The number of hydrogen-bond acceptors (Lipinski definition) is 8. The Hall–Kier alpha value is -4.09. The number of anilines is 1. The highest BCUT2D eigenvalue weighted by molar-refractivity contribution is 6.32. The maximum Gasteiger partial charge on any atom is 0.252 e. The number of nitrogens with two attached hydrogens (primary N) is 1. The first kappa shape index (κ1) is 21.4. The van der Waals surface area contributed by atoms with Crippen LogP contribution in [-0.2, 0) is 6.42 Å². The molecule has 13 heteroatoms. The smallest absolute Gasteiger partial charge is 0.252 e. The lowest BCUT2D eigenvalue weighted by molar-refractivity contribution is 0.572. The zero-order valence-electron chi connectivity index (χ0n) is 17.9. The third kappa shape index (κ3) is 3.74. The minimum Gasteiger partial charge on any atom is -0.368 e. The van der Waals surface area contributed by atoms with E-state index >= 15 is 0 Å². The van der Waals surface area contributed by atoms with Gasteiger partial charge in [-0.25, -0.2) is 15.0 Å². The topological polar surface area (TPSA) is 146 Å². The van der Waals surface area contributed by atoms with E-state index in [0.717, 1.165) is 16.8 Å². The second kappa shape index (κ2) is 8.29. The van der Waals surface area contributed by atoms with Crippen molar-refractivity contribution in [2.24, 2.45) is 0 Å². The number of halogens is 2. The Morgan fingerprint density at radius 3 is 2.69 bits per heavy atom. The molecule has 5 heterocycles. The molecule has 0 saturated heterocycles. The second-order valence-corrected chi connectivity index (χ2v) is 8.83. The van der Waals surface area contributed by atoms with Gasteiger partial charge in [-0.3, -0.25) is 4.79 Å². The number of aromatic nitrogens is 9. The minimum absolute atomic E-state index is 0.160. The first-order chi connectivity index (χ1) is 17.0. The Balaban J connectivity index is 1.41. The standard InChI is InChI=1S/C22H16Cl2N10O/c23-13-1-3-16(33-10-28-31-32-33)15(7-13)11-5-14-2-4-17(34(14)18(35)6-11)21-29-19(20(24)30-21)12-8-26-22(25)27-9-12/h1,3,5-10,17H,2,4H2,(H,29,30)(H2,25,26,27)/t17-/m0/s1. The van der Waals surface area contributed by atoms with E-state index in [1.807, 2.05) is 12.1 Å². The first-order valence-electron chi connectivity index (χ1n) is 10.6. The van der Waals surface area contributed by atoms with Crippen molar-refractivity contribution in [1.82, 2.24) is 44.7 Å². The number of nitrogen functional groups attached to an aromatic ring is 1. The average Bonchev–Trinajstić information content (AvgIpc) is 3.59. The SMILES string of the molecule is Nc1ncc(-c2[nH]c([C@@H]3CCc4cc(-c5cc(Cl)ccc5-n5cnnn5)cc(=O)n43)nc2Cl)cn1. The lowest BCUT2D eigenvalue weighted by Gasteiger charge is -2.15. The molecule has 4 aromatic heterocycles. The molecule has 1 aromatic carbocycles. The van der Waals surface area contributed by atoms with E-state index in [1.165, 1.54) is 11.0 Å². The van der Waals surface area contributed by atoms with Gasteiger partial charge in [0.05, 0.1) is 17.4 Å². The molecule has 0 aliphatic carbocycles. The van der Waals surface area contributed by atoms with Gasteiger partial charge in [-0.2, -0.15) is 4.68 Å². The van der Waals surface area contributed by atoms with Crippen molar-refractivity contribution in [2.45, 2.75) is 18.9 Å². The number of fused-ring (bicyclic) bond motifs is 1. The highest BCUT2D eigenvalue weighted by atomic mass is 35.5. The number of benzene rings is 1. The number of tetrazole rings is 1. The van der Waals surface area contributed by atoms with Crippen LogP contribution in [0, 0.1) is 0 Å². The van der Waals surface area contributed by atoms with Crippen LogP contribution in [0.2, 0.25) is 10.2 Å². The summed E-state index contributed by atoms with van der Waals surface area (Å²) in [7, 11) is 0. The molecule has 0 fully saturated rings. The Bertz CT molecular complexity index is 1610. The van der Waals surface area contributed by atoms with E-state index in [1.54, 1.807) is 35.2 Å².